The maximum absolute atomic E-state index is 13.4. The van der Waals surface area contributed by atoms with Crippen molar-refractivity contribution in [3.63, 3.8) is 0 Å². The normalized spacial score (nSPS) is 10.6. The second-order valence-corrected chi connectivity index (χ2v) is 4.08. The van der Waals surface area contributed by atoms with E-state index in [9.17, 15) is 9.18 Å². The molecule has 2 N–H and O–H groups in total. The summed E-state index contributed by atoms with van der Waals surface area (Å²) in [5, 5.41) is 12.3. The number of nitrogens with one attached hydrogen (secondary N) is 1. The molecule has 0 amide bonds. The SMILES string of the molecule is CCOC(=O)c1cnc2ccc(F)cc2c1NCCO. The molecule has 0 aliphatic carbocycles. The summed E-state index contributed by atoms with van der Waals surface area (Å²) >= 11 is 0. The average Bonchev–Trinajstić information content (AvgIpc) is 2.44. The fourth-order valence-electron chi connectivity index (χ4n) is 1.90. The number of ether oxygens (including phenoxy) is 1. The molecule has 0 saturated heterocycles. The minimum Gasteiger partial charge on any atom is -0.462 e. The number of pyridine rings is 1. The number of aromatic nitrogens is 1. The second-order valence-electron chi connectivity index (χ2n) is 4.08. The van der Waals surface area contributed by atoms with E-state index in [1.54, 1.807) is 6.92 Å². The fraction of sp³-hybridized carbons (Fsp3) is 0.286. The topological polar surface area (TPSA) is 71.5 Å². The van der Waals surface area contributed by atoms with Crippen molar-refractivity contribution >= 4 is 22.6 Å². The molecule has 1 aromatic heterocycles. The van der Waals surface area contributed by atoms with Gasteiger partial charge in [-0.3, -0.25) is 4.98 Å². The molecule has 0 aliphatic rings. The first-order valence-electron chi connectivity index (χ1n) is 6.27. The molecule has 0 aliphatic heterocycles. The summed E-state index contributed by atoms with van der Waals surface area (Å²) in [6.07, 6.45) is 1.39. The standard InChI is InChI=1S/C14H15FN2O3/c1-2-20-14(19)11-8-17-12-4-3-9(15)7-10(12)13(11)16-5-6-18/h3-4,7-8,18H,2,5-6H2,1H3,(H,16,17). The van der Waals surface area contributed by atoms with E-state index >= 15 is 0 Å². The van der Waals surface area contributed by atoms with E-state index in [1.165, 1.54) is 24.4 Å². The number of aliphatic hydroxyl groups is 1. The molecule has 20 heavy (non-hydrogen) atoms. The van der Waals surface area contributed by atoms with Crippen LogP contribution in [0.4, 0.5) is 10.1 Å². The van der Waals surface area contributed by atoms with Crippen molar-refractivity contribution in [3.05, 3.63) is 35.8 Å². The molecule has 0 unspecified atom stereocenters. The van der Waals surface area contributed by atoms with Crippen LogP contribution < -0.4 is 5.32 Å². The molecule has 2 rings (SSSR count). The number of carbonyl (C=O) groups excluding carboxylic acids is 1. The first kappa shape index (κ1) is 14.2. The number of benzene rings is 1. The van der Waals surface area contributed by atoms with Crippen molar-refractivity contribution in [1.82, 2.24) is 4.98 Å². The number of esters is 1. The largest absolute Gasteiger partial charge is 0.462 e. The monoisotopic (exact) mass is 278 g/mol. The number of carbonyl (C=O) groups is 1. The Hall–Kier alpha value is -2.21. The van der Waals surface area contributed by atoms with E-state index in [2.05, 4.69) is 10.3 Å². The highest BCUT2D eigenvalue weighted by Crippen LogP contribution is 2.27. The second kappa shape index (κ2) is 6.29. The average molecular weight is 278 g/mol. The third-order valence-corrected chi connectivity index (χ3v) is 2.74. The lowest BCUT2D eigenvalue weighted by molar-refractivity contribution is 0.0527. The Morgan fingerprint density at radius 2 is 2.30 bits per heavy atom. The van der Waals surface area contributed by atoms with Gasteiger partial charge in [0, 0.05) is 18.1 Å². The molecule has 2 aromatic rings. The Morgan fingerprint density at radius 3 is 3.00 bits per heavy atom. The van der Waals surface area contributed by atoms with Gasteiger partial charge in [0.1, 0.15) is 11.4 Å². The lowest BCUT2D eigenvalue weighted by Gasteiger charge is -2.13. The molecule has 1 aromatic carbocycles. The Morgan fingerprint density at radius 1 is 1.50 bits per heavy atom. The van der Waals surface area contributed by atoms with Crippen molar-refractivity contribution in [2.45, 2.75) is 6.92 Å². The Bertz CT molecular complexity index is 631. The third kappa shape index (κ3) is 2.85. The summed E-state index contributed by atoms with van der Waals surface area (Å²) < 4.78 is 18.4. The summed E-state index contributed by atoms with van der Waals surface area (Å²) in [6, 6.07) is 4.13. The lowest BCUT2D eigenvalue weighted by Crippen LogP contribution is -2.13. The first-order chi connectivity index (χ1) is 9.67. The van der Waals surface area contributed by atoms with Crippen LogP contribution >= 0.6 is 0 Å². The van der Waals surface area contributed by atoms with Gasteiger partial charge >= 0.3 is 5.97 Å². The van der Waals surface area contributed by atoms with Gasteiger partial charge < -0.3 is 15.2 Å². The van der Waals surface area contributed by atoms with Crippen molar-refractivity contribution < 1.29 is 19.0 Å². The van der Waals surface area contributed by atoms with Gasteiger partial charge in [-0.25, -0.2) is 9.18 Å². The number of nitrogens with zero attached hydrogens (tertiary/aromatic N) is 1. The summed E-state index contributed by atoms with van der Waals surface area (Å²) in [6.45, 7) is 2.07. The quantitative estimate of drug-likeness (QED) is 0.818. The van der Waals surface area contributed by atoms with E-state index in [0.717, 1.165) is 0 Å². The number of halogens is 1. The van der Waals surface area contributed by atoms with Gasteiger partial charge in [-0.2, -0.15) is 0 Å². The van der Waals surface area contributed by atoms with Crippen molar-refractivity contribution in [2.75, 3.05) is 25.1 Å². The first-order valence-corrected chi connectivity index (χ1v) is 6.27. The van der Waals surface area contributed by atoms with Crippen LogP contribution in [0.5, 0.6) is 0 Å². The maximum atomic E-state index is 13.4. The predicted octanol–water partition coefficient (Wildman–Crippen LogP) is 1.95. The van der Waals surface area contributed by atoms with Crippen LogP contribution in [-0.2, 0) is 4.74 Å². The van der Waals surface area contributed by atoms with Crippen molar-refractivity contribution in [3.8, 4) is 0 Å². The van der Waals surface area contributed by atoms with Crippen LogP contribution in [0.15, 0.2) is 24.4 Å². The highest BCUT2D eigenvalue weighted by atomic mass is 19.1. The summed E-state index contributed by atoms with van der Waals surface area (Å²) in [4.78, 5) is 16.0. The van der Waals surface area contributed by atoms with Gasteiger partial charge in [0.05, 0.1) is 24.4 Å². The maximum Gasteiger partial charge on any atom is 0.341 e. The highest BCUT2D eigenvalue weighted by Gasteiger charge is 2.16. The zero-order valence-electron chi connectivity index (χ0n) is 11.0. The number of hydrogen-bond donors (Lipinski definition) is 2. The van der Waals surface area contributed by atoms with Crippen LogP contribution in [0, 0.1) is 5.82 Å². The van der Waals surface area contributed by atoms with Crippen LogP contribution in [0.3, 0.4) is 0 Å². The smallest absolute Gasteiger partial charge is 0.341 e. The van der Waals surface area contributed by atoms with Crippen molar-refractivity contribution in [2.24, 2.45) is 0 Å². The molecule has 0 saturated carbocycles. The van der Waals surface area contributed by atoms with Gasteiger partial charge in [0.25, 0.3) is 0 Å². The fourth-order valence-corrected chi connectivity index (χ4v) is 1.90. The lowest BCUT2D eigenvalue weighted by atomic mass is 10.1. The number of anilines is 1. The highest BCUT2D eigenvalue weighted by molar-refractivity contribution is 6.04. The van der Waals surface area contributed by atoms with Crippen LogP contribution in [0.1, 0.15) is 17.3 Å². The van der Waals surface area contributed by atoms with E-state index in [0.29, 0.717) is 16.6 Å². The summed E-state index contributed by atoms with van der Waals surface area (Å²) in [5.74, 6) is -0.959. The minimum atomic E-state index is -0.536. The van der Waals surface area contributed by atoms with Crippen LogP contribution in [0.2, 0.25) is 0 Å². The van der Waals surface area contributed by atoms with Crippen molar-refractivity contribution in [1.29, 1.82) is 0 Å². The molecule has 0 bridgehead atoms. The van der Waals surface area contributed by atoms with Gasteiger partial charge in [0.2, 0.25) is 0 Å². The Kier molecular flexibility index (Phi) is 4.47. The van der Waals surface area contributed by atoms with E-state index < -0.39 is 11.8 Å². The molecular weight excluding hydrogens is 263 g/mol. The molecular formula is C14H15FN2O3. The number of fused-ring (bicyclic) bond motifs is 1. The van der Waals surface area contributed by atoms with Gasteiger partial charge in [0.15, 0.2) is 0 Å². The Labute approximate surface area is 115 Å². The molecule has 0 atom stereocenters. The minimum absolute atomic E-state index is 0.110. The molecule has 5 nitrogen and oxygen atoms in total. The zero-order valence-corrected chi connectivity index (χ0v) is 11.0. The Balaban J connectivity index is 2.58. The molecule has 1 heterocycles. The van der Waals surface area contributed by atoms with Gasteiger partial charge in [-0.05, 0) is 25.1 Å². The van der Waals surface area contributed by atoms with Crippen LogP contribution in [-0.4, -0.2) is 35.8 Å². The predicted molar refractivity (Wildman–Crippen MR) is 73.2 cm³/mol. The number of hydrogen-bond acceptors (Lipinski definition) is 5. The van der Waals surface area contributed by atoms with E-state index in [-0.39, 0.29) is 25.3 Å². The van der Waals surface area contributed by atoms with E-state index in [1.807, 2.05) is 0 Å². The molecule has 0 spiro atoms. The summed E-state index contributed by atoms with van der Waals surface area (Å²) in [5.41, 5.74) is 1.19. The van der Waals surface area contributed by atoms with Gasteiger partial charge in [-0.1, -0.05) is 0 Å². The van der Waals surface area contributed by atoms with E-state index in [4.69, 9.17) is 9.84 Å². The molecule has 106 valence electrons. The number of aliphatic hydroxyl groups excluding tert-OH is 1. The van der Waals surface area contributed by atoms with Gasteiger partial charge in [-0.15, -0.1) is 0 Å². The molecule has 0 radical (unpaired) electrons. The summed E-state index contributed by atoms with van der Waals surface area (Å²) in [7, 11) is 0. The third-order valence-electron chi connectivity index (χ3n) is 2.74. The zero-order chi connectivity index (χ0) is 14.5. The number of rotatable bonds is 5. The molecule has 0 fully saturated rings. The van der Waals surface area contributed by atoms with Crippen LogP contribution in [0.25, 0.3) is 10.9 Å². The molecule has 6 heteroatoms.